The van der Waals surface area contributed by atoms with Gasteiger partial charge in [0.25, 0.3) is 0 Å². The van der Waals surface area contributed by atoms with E-state index in [0.29, 0.717) is 36.6 Å². The number of hydrogen-bond donors (Lipinski definition) is 0. The molecule has 0 saturated carbocycles. The van der Waals surface area contributed by atoms with Gasteiger partial charge in [0, 0.05) is 39.7 Å². The van der Waals surface area contributed by atoms with Crippen LogP contribution in [-0.2, 0) is 6.42 Å². The fourth-order valence-electron chi connectivity index (χ4n) is 3.51. The summed E-state index contributed by atoms with van der Waals surface area (Å²) in [4.78, 5) is 3.48. The summed E-state index contributed by atoms with van der Waals surface area (Å²) in [7, 11) is 0. The molecule has 0 saturated heterocycles. The third-order valence-corrected chi connectivity index (χ3v) is 9.27. The second-order valence-corrected chi connectivity index (χ2v) is 12.4. The molecular formula is C27H15Cl6NS2. The van der Waals surface area contributed by atoms with E-state index < -0.39 is 5.92 Å². The molecule has 1 nitrogen and oxygen atoms in total. The molecule has 0 aliphatic carbocycles. The lowest BCUT2D eigenvalue weighted by molar-refractivity contribution is 0.816. The van der Waals surface area contributed by atoms with Crippen LogP contribution in [0.4, 0.5) is 0 Å². The van der Waals surface area contributed by atoms with Crippen molar-refractivity contribution in [3.63, 3.8) is 0 Å². The minimum absolute atomic E-state index is 0.359. The predicted molar refractivity (Wildman–Crippen MR) is 156 cm³/mol. The molecule has 0 radical (unpaired) electrons. The minimum atomic E-state index is -0.560. The molecule has 182 valence electrons. The van der Waals surface area contributed by atoms with Crippen molar-refractivity contribution >= 4 is 93.1 Å². The summed E-state index contributed by atoms with van der Waals surface area (Å²) in [5, 5.41) is 13.5. The van der Waals surface area contributed by atoms with Crippen molar-refractivity contribution in [3.8, 4) is 6.07 Å². The number of nitriles is 1. The molecule has 4 aromatic carbocycles. The van der Waals surface area contributed by atoms with Gasteiger partial charge in [-0.25, -0.2) is 0 Å². The van der Waals surface area contributed by atoms with Crippen LogP contribution in [0, 0.1) is 11.3 Å². The maximum absolute atomic E-state index is 10.2. The van der Waals surface area contributed by atoms with Crippen molar-refractivity contribution in [1.29, 1.82) is 5.26 Å². The van der Waals surface area contributed by atoms with Crippen LogP contribution in [0.1, 0.15) is 17.0 Å². The maximum atomic E-state index is 10.2. The van der Waals surface area contributed by atoms with Gasteiger partial charge in [-0.1, -0.05) is 93.1 Å². The van der Waals surface area contributed by atoms with E-state index in [4.69, 9.17) is 69.6 Å². The third-order valence-electron chi connectivity index (χ3n) is 5.14. The lowest BCUT2D eigenvalue weighted by Gasteiger charge is -2.19. The highest BCUT2D eigenvalue weighted by Gasteiger charge is 2.23. The van der Waals surface area contributed by atoms with E-state index in [1.807, 2.05) is 54.6 Å². The molecule has 4 rings (SSSR count). The molecule has 36 heavy (non-hydrogen) atoms. The molecule has 0 fully saturated rings. The monoisotopic (exact) mass is 627 g/mol. The average molecular weight is 630 g/mol. The fraction of sp³-hybridized carbons (Fsp3) is 0.0741. The van der Waals surface area contributed by atoms with E-state index >= 15 is 0 Å². The van der Waals surface area contributed by atoms with E-state index in [1.165, 1.54) is 23.5 Å². The Morgan fingerprint density at radius 2 is 1.08 bits per heavy atom. The Hall–Kier alpha value is -1.19. The Kier molecular flexibility index (Phi) is 9.72. The van der Waals surface area contributed by atoms with Crippen LogP contribution in [0.3, 0.4) is 0 Å². The molecule has 0 aromatic heterocycles. The largest absolute Gasteiger partial charge is 0.198 e. The molecule has 0 amide bonds. The van der Waals surface area contributed by atoms with Gasteiger partial charge < -0.3 is 0 Å². The molecule has 4 aromatic rings. The molecule has 0 spiro atoms. The normalized spacial score (nSPS) is 11.8. The first kappa shape index (κ1) is 27.8. The number of benzene rings is 4. The molecular weight excluding hydrogens is 615 g/mol. The van der Waals surface area contributed by atoms with Crippen LogP contribution in [0.25, 0.3) is 0 Å². The van der Waals surface area contributed by atoms with Gasteiger partial charge in [0.2, 0.25) is 0 Å². The van der Waals surface area contributed by atoms with Crippen LogP contribution in [-0.4, -0.2) is 0 Å². The Balaban J connectivity index is 1.73. The summed E-state index contributed by atoms with van der Waals surface area (Å²) in [6.07, 6.45) is 0.359. The zero-order valence-electron chi connectivity index (χ0n) is 18.2. The van der Waals surface area contributed by atoms with Gasteiger partial charge in [-0.2, -0.15) is 5.26 Å². The highest BCUT2D eigenvalue weighted by atomic mass is 35.5. The summed E-state index contributed by atoms with van der Waals surface area (Å²) in [6, 6.07) is 24.3. The molecule has 0 unspecified atom stereocenters. The highest BCUT2D eigenvalue weighted by molar-refractivity contribution is 7.99. The topological polar surface area (TPSA) is 23.8 Å². The van der Waals surface area contributed by atoms with Gasteiger partial charge in [-0.15, -0.1) is 0 Å². The van der Waals surface area contributed by atoms with E-state index in [9.17, 15) is 5.26 Å². The predicted octanol–water partition coefficient (Wildman–Crippen LogP) is 11.8. The van der Waals surface area contributed by atoms with E-state index in [1.54, 1.807) is 18.2 Å². The van der Waals surface area contributed by atoms with Crippen LogP contribution in [0.15, 0.2) is 92.4 Å². The molecule has 0 aliphatic rings. The first-order valence-electron chi connectivity index (χ1n) is 10.5. The van der Waals surface area contributed by atoms with Crippen LogP contribution in [0.2, 0.25) is 30.1 Å². The van der Waals surface area contributed by atoms with Gasteiger partial charge in [0.15, 0.2) is 0 Å². The summed E-state index contributed by atoms with van der Waals surface area (Å²) in [6.45, 7) is 0. The first-order valence-corrected chi connectivity index (χ1v) is 14.4. The SMILES string of the molecule is N#C[C@@H](Cc1cc(Cl)cc(Cl)c1Sc1ccc(Cl)cc1)c1cc(Cl)cc(Cl)c1Sc1ccc(Cl)cc1. The van der Waals surface area contributed by atoms with E-state index in [0.717, 1.165) is 30.7 Å². The molecule has 0 bridgehead atoms. The highest BCUT2D eigenvalue weighted by Crippen LogP contribution is 2.44. The third kappa shape index (κ3) is 7.01. The molecule has 0 N–H and O–H groups in total. The van der Waals surface area contributed by atoms with Gasteiger partial charge >= 0.3 is 0 Å². The summed E-state index contributed by atoms with van der Waals surface area (Å²) in [5.74, 6) is -0.560. The van der Waals surface area contributed by atoms with Gasteiger partial charge in [0.05, 0.1) is 22.0 Å². The van der Waals surface area contributed by atoms with Crippen LogP contribution < -0.4 is 0 Å². The summed E-state index contributed by atoms with van der Waals surface area (Å²) in [5.41, 5.74) is 1.58. The lowest BCUT2D eigenvalue weighted by Crippen LogP contribution is -2.04. The number of nitrogens with zero attached hydrogens (tertiary/aromatic N) is 1. The Morgan fingerprint density at radius 3 is 1.61 bits per heavy atom. The van der Waals surface area contributed by atoms with Crippen LogP contribution >= 0.6 is 93.1 Å². The van der Waals surface area contributed by atoms with E-state index in [2.05, 4.69) is 6.07 Å². The zero-order chi connectivity index (χ0) is 25.8. The van der Waals surface area contributed by atoms with Crippen molar-refractivity contribution in [2.24, 2.45) is 0 Å². The van der Waals surface area contributed by atoms with Crippen molar-refractivity contribution in [1.82, 2.24) is 0 Å². The number of hydrogen-bond acceptors (Lipinski definition) is 3. The Labute approximate surface area is 248 Å². The standard InChI is InChI=1S/C27H15Cl6NS2/c28-17-1-5-21(6-2-17)35-26-15(10-19(30)12-24(26)32)9-16(14-34)23-11-20(31)13-25(33)27(23)36-22-7-3-18(29)4-8-22/h1-8,10-13,16H,9H2/t16-/m1/s1. The molecule has 0 aliphatic heterocycles. The lowest BCUT2D eigenvalue weighted by atomic mass is 9.93. The molecule has 1 atom stereocenters. The van der Waals surface area contributed by atoms with Crippen molar-refractivity contribution in [2.45, 2.75) is 31.9 Å². The Bertz CT molecular complexity index is 1430. The van der Waals surface area contributed by atoms with Gasteiger partial charge in [0.1, 0.15) is 0 Å². The van der Waals surface area contributed by atoms with Crippen LogP contribution in [0.5, 0.6) is 0 Å². The smallest absolute Gasteiger partial charge is 0.0765 e. The quantitative estimate of drug-likeness (QED) is 0.203. The second kappa shape index (κ2) is 12.6. The molecule has 0 heterocycles. The fourth-order valence-corrected chi connectivity index (χ4v) is 6.96. The van der Waals surface area contributed by atoms with E-state index in [-0.39, 0.29) is 0 Å². The van der Waals surface area contributed by atoms with Crippen molar-refractivity contribution < 1.29 is 0 Å². The minimum Gasteiger partial charge on any atom is -0.198 e. The summed E-state index contributed by atoms with van der Waals surface area (Å²) >= 11 is 41.0. The number of halogens is 6. The van der Waals surface area contributed by atoms with Gasteiger partial charge in [-0.3, -0.25) is 0 Å². The van der Waals surface area contributed by atoms with Crippen molar-refractivity contribution in [3.05, 3.63) is 114 Å². The number of rotatable bonds is 7. The zero-order valence-corrected chi connectivity index (χ0v) is 24.4. The summed E-state index contributed by atoms with van der Waals surface area (Å²) < 4.78 is 0. The Morgan fingerprint density at radius 1 is 0.611 bits per heavy atom. The first-order chi connectivity index (χ1) is 17.2. The van der Waals surface area contributed by atoms with Crippen molar-refractivity contribution in [2.75, 3.05) is 0 Å². The maximum Gasteiger partial charge on any atom is 0.0765 e. The average Bonchev–Trinajstić information content (AvgIpc) is 2.83. The van der Waals surface area contributed by atoms with Gasteiger partial charge in [-0.05, 0) is 90.3 Å². The second-order valence-electron chi connectivity index (χ2n) is 7.68. The molecule has 9 heteroatoms.